The maximum Gasteiger partial charge on any atom is 5.00 e. The van der Waals surface area contributed by atoms with E-state index in [1.807, 2.05) is 0 Å². The van der Waals surface area contributed by atoms with Gasteiger partial charge < -0.3 is 60.2 Å². The zero-order chi connectivity index (χ0) is 0. The van der Waals surface area contributed by atoms with E-state index >= 15 is 0 Å². The van der Waals surface area contributed by atoms with Gasteiger partial charge >= 0.3 is 184 Å². The number of hydrogen-bond acceptors (Lipinski definition) is 0. The maximum absolute atomic E-state index is 0. The molecule has 0 aromatic rings. The Morgan fingerprint density at radius 3 is 0.235 bits per heavy atom. The standard InChI is InChI=1S/2Nd.11O.2V.2Y/q2*+3;11*-2;2*+5;2*+3. The quantitative estimate of drug-likeness (QED) is 0.279. The van der Waals surface area contributed by atoms with E-state index in [1.165, 1.54) is 0 Å². The number of hydrogen-bond donors (Lipinski definition) is 0. The molecule has 0 saturated carbocycles. The molecule has 90 valence electrons. The Labute approximate surface area is 238 Å². The van der Waals surface area contributed by atoms with Crippen molar-refractivity contribution in [3.05, 3.63) is 0 Å². The zero-order valence-electron chi connectivity index (χ0n) is 7.54. The third kappa shape index (κ3) is 263. The third-order valence-corrected chi connectivity index (χ3v) is 0. The molecule has 2 radical (unpaired) electrons. The van der Waals surface area contributed by atoms with E-state index in [0.717, 1.165) is 0 Å². The van der Waals surface area contributed by atoms with E-state index in [-0.39, 0.29) is 244 Å². The minimum absolute atomic E-state index is 0. The second-order valence-corrected chi connectivity index (χ2v) is 0. The van der Waals surface area contributed by atoms with Crippen LogP contribution in [-0.2, 0) is 163 Å². The molecule has 0 saturated heterocycles. The van der Waals surface area contributed by atoms with Gasteiger partial charge in [-0.3, -0.25) is 0 Å². The van der Waals surface area contributed by atoms with Gasteiger partial charge in [-0.25, -0.2) is 0 Å². The molecule has 0 spiro atoms. The average Bonchev–Trinajstić information content (AvgIpc) is 0. The summed E-state index contributed by atoms with van der Waals surface area (Å²) in [6, 6.07) is 0. The van der Waals surface area contributed by atoms with Crippen molar-refractivity contribution in [1.29, 1.82) is 0 Å². The van der Waals surface area contributed by atoms with Crippen LogP contribution in [0.5, 0.6) is 0 Å². The predicted molar refractivity (Wildman–Crippen MR) is 7.55 cm³/mol. The molecular formula is Nd2O11V2Y2. The van der Waals surface area contributed by atoms with Crippen LogP contribution < -0.4 is 0 Å². The second-order valence-electron chi connectivity index (χ2n) is 0. The van der Waals surface area contributed by atoms with Gasteiger partial charge in [-0.15, -0.1) is 0 Å². The molecule has 17 heteroatoms. The average molecular weight is 744 g/mol. The molecule has 0 N–H and O–H groups in total. The fourth-order valence-corrected chi connectivity index (χ4v) is 0. The van der Waals surface area contributed by atoms with Crippen LogP contribution in [0.4, 0.5) is 0 Å². The van der Waals surface area contributed by atoms with Crippen LogP contribution in [0.25, 0.3) is 0 Å². The predicted octanol–water partition coefficient (Wildman–Crippen LogP) is -1.32. The summed E-state index contributed by atoms with van der Waals surface area (Å²) in [7, 11) is 0. The van der Waals surface area contributed by atoms with Crippen molar-refractivity contribution in [3.8, 4) is 0 Å². The fraction of sp³-hybridized carbons (Fsp3) is 0. The van der Waals surface area contributed by atoms with Gasteiger partial charge in [0.1, 0.15) is 0 Å². The fourth-order valence-electron chi connectivity index (χ4n) is 0. The van der Waals surface area contributed by atoms with E-state index in [4.69, 9.17) is 0 Å². The monoisotopic (exact) mass is 739 g/mol. The summed E-state index contributed by atoms with van der Waals surface area (Å²) < 4.78 is 0. The summed E-state index contributed by atoms with van der Waals surface area (Å²) in [5, 5.41) is 0. The second kappa shape index (κ2) is 290. The Bertz CT molecular complexity index is 25.4. The molecule has 0 heterocycles. The van der Waals surface area contributed by atoms with Crippen LogP contribution in [0.1, 0.15) is 0 Å². The van der Waals surface area contributed by atoms with E-state index in [2.05, 4.69) is 0 Å². The van der Waals surface area contributed by atoms with Gasteiger partial charge in [0.15, 0.2) is 0 Å². The Kier molecular flexibility index (Phi) is 5690. The van der Waals surface area contributed by atoms with Crippen molar-refractivity contribution in [2.45, 2.75) is 0 Å². The molecule has 0 unspecified atom stereocenters. The Hall–Kier alpha value is 5.64. The zero-order valence-corrected chi connectivity index (χ0v) is 22.4. The first kappa shape index (κ1) is 333. The molecule has 11 nitrogen and oxygen atoms in total. The van der Waals surface area contributed by atoms with Crippen molar-refractivity contribution in [2.75, 3.05) is 0 Å². The van der Waals surface area contributed by atoms with Crippen LogP contribution in [0, 0.1) is 81.7 Å². The van der Waals surface area contributed by atoms with E-state index in [0.29, 0.717) is 0 Å². The van der Waals surface area contributed by atoms with E-state index < -0.39 is 0 Å². The maximum atomic E-state index is 0. The summed E-state index contributed by atoms with van der Waals surface area (Å²) in [6.45, 7) is 0. The smallest absolute Gasteiger partial charge is 2.00 e. The van der Waals surface area contributed by atoms with Crippen LogP contribution in [-0.4, -0.2) is 0 Å². The minimum atomic E-state index is 0. The van der Waals surface area contributed by atoms with Crippen LogP contribution in [0.15, 0.2) is 0 Å². The summed E-state index contributed by atoms with van der Waals surface area (Å²) in [5.74, 6) is 0. The third-order valence-electron chi connectivity index (χ3n) is 0. The van der Waals surface area contributed by atoms with Crippen LogP contribution in [0.2, 0.25) is 0 Å². The normalized spacial score (nSPS) is 0. The van der Waals surface area contributed by atoms with Gasteiger partial charge in [0.25, 0.3) is 0 Å². The Morgan fingerprint density at radius 2 is 0.235 bits per heavy atom. The largest absolute Gasteiger partial charge is 5.00 e. The molecule has 0 aliphatic heterocycles. The summed E-state index contributed by atoms with van der Waals surface area (Å²) in [4.78, 5) is 0. The van der Waals surface area contributed by atoms with E-state index in [1.54, 1.807) is 0 Å². The van der Waals surface area contributed by atoms with Gasteiger partial charge in [0.2, 0.25) is 0 Å². The van der Waals surface area contributed by atoms with Crippen molar-refractivity contribution in [1.82, 2.24) is 0 Å². The molecule has 0 aliphatic carbocycles. The molecule has 0 fully saturated rings. The first-order chi connectivity index (χ1) is 0. The molecule has 0 aliphatic rings. The first-order valence-electron chi connectivity index (χ1n) is 0. The van der Waals surface area contributed by atoms with Crippen LogP contribution in [0.3, 0.4) is 0 Å². The van der Waals surface area contributed by atoms with Crippen molar-refractivity contribution in [2.24, 2.45) is 0 Å². The van der Waals surface area contributed by atoms with Crippen molar-refractivity contribution >= 4 is 0 Å². The topological polar surface area (TPSA) is 314 Å². The molecule has 0 bridgehead atoms. The van der Waals surface area contributed by atoms with Gasteiger partial charge in [-0.05, 0) is 0 Å². The molecule has 0 atom stereocenters. The summed E-state index contributed by atoms with van der Waals surface area (Å²) >= 11 is 0. The Balaban J connectivity index is 0. The van der Waals surface area contributed by atoms with Crippen LogP contribution >= 0.6 is 0 Å². The SMILES string of the molecule is [Nd+3].[Nd+3].[O-2].[O-2].[O-2].[O-2].[O-2].[O-2].[O-2].[O-2].[O-2].[O-2].[O-2].[V+5].[V+5].[Y+3].[Y+3]. The minimum Gasteiger partial charge on any atom is -2.00 e. The van der Waals surface area contributed by atoms with Crippen molar-refractivity contribution < 1.29 is 244 Å². The van der Waals surface area contributed by atoms with Gasteiger partial charge in [0, 0.05) is 0 Å². The summed E-state index contributed by atoms with van der Waals surface area (Å²) in [6.07, 6.45) is 0. The molecule has 17 heavy (non-hydrogen) atoms. The molecular weight excluding hydrogens is 744 g/mol. The molecule has 0 amide bonds. The molecule has 0 aromatic carbocycles. The van der Waals surface area contributed by atoms with E-state index in [9.17, 15) is 0 Å². The van der Waals surface area contributed by atoms with Crippen molar-refractivity contribution in [3.63, 3.8) is 0 Å². The van der Waals surface area contributed by atoms with Gasteiger partial charge in [-0.2, -0.15) is 0 Å². The Morgan fingerprint density at radius 1 is 0.235 bits per heavy atom. The van der Waals surface area contributed by atoms with Gasteiger partial charge in [0.05, 0.1) is 0 Å². The van der Waals surface area contributed by atoms with Gasteiger partial charge in [-0.1, -0.05) is 0 Å². The number of rotatable bonds is 0. The summed E-state index contributed by atoms with van der Waals surface area (Å²) in [5.41, 5.74) is 0. The molecule has 0 rings (SSSR count). The molecule has 0 aromatic heterocycles. The first-order valence-corrected chi connectivity index (χ1v) is 0.